The molecule has 0 fully saturated rings. The first-order chi connectivity index (χ1) is 6.27. The fraction of sp³-hybridized carbons (Fsp3) is 0. The molecule has 3 heteroatoms. The van der Waals surface area contributed by atoms with Crippen LogP contribution in [0.25, 0.3) is 10.8 Å². The molecule has 0 aliphatic heterocycles. The summed E-state index contributed by atoms with van der Waals surface area (Å²) in [5.74, 6) is -0.939. The van der Waals surface area contributed by atoms with Crippen LogP contribution in [-0.2, 0) is 19.5 Å². The van der Waals surface area contributed by atoms with Gasteiger partial charge in [0.1, 0.15) is 0 Å². The van der Waals surface area contributed by atoms with Gasteiger partial charge < -0.3 is 5.11 Å². The van der Waals surface area contributed by atoms with Crippen LogP contribution in [-0.4, -0.2) is 11.1 Å². The second kappa shape index (κ2) is 4.34. The van der Waals surface area contributed by atoms with E-state index in [1.165, 1.54) is 0 Å². The van der Waals surface area contributed by atoms with Gasteiger partial charge in [-0.1, -0.05) is 23.6 Å². The van der Waals surface area contributed by atoms with Crippen LogP contribution in [0.2, 0.25) is 0 Å². The van der Waals surface area contributed by atoms with Gasteiger partial charge in [0.25, 0.3) is 5.97 Å². The van der Waals surface area contributed by atoms with Crippen molar-refractivity contribution in [1.82, 2.24) is 0 Å². The quantitative estimate of drug-likeness (QED) is 0.610. The van der Waals surface area contributed by atoms with Crippen LogP contribution < -0.4 is 0 Å². The molecule has 14 heavy (non-hydrogen) atoms. The van der Waals surface area contributed by atoms with Gasteiger partial charge in [-0.3, -0.25) is 4.79 Å². The largest absolute Gasteiger partial charge is 0.513 e. The van der Waals surface area contributed by atoms with Gasteiger partial charge in [-0.25, -0.2) is 0 Å². The van der Waals surface area contributed by atoms with Gasteiger partial charge in [0, 0.05) is 19.5 Å². The van der Waals surface area contributed by atoms with Gasteiger partial charge in [0.05, 0.1) is 0 Å². The molecule has 0 aliphatic carbocycles. The Labute approximate surface area is 94.3 Å². The number of hydrogen-bond donors (Lipinski definition) is 1. The van der Waals surface area contributed by atoms with Crippen molar-refractivity contribution in [2.45, 2.75) is 0 Å². The van der Waals surface area contributed by atoms with Gasteiger partial charge >= 0.3 is 0 Å². The topological polar surface area (TPSA) is 37.3 Å². The number of hydrogen-bond acceptors (Lipinski definition) is 1. The molecule has 2 nitrogen and oxygen atoms in total. The zero-order chi connectivity index (χ0) is 9.26. The SMILES string of the molecule is O=C(O)c1[c-]c2ccccc2cc1.[Zn]. The fourth-order valence-electron chi connectivity index (χ4n) is 1.24. The van der Waals surface area contributed by atoms with Crippen LogP contribution in [0.1, 0.15) is 10.4 Å². The fourth-order valence-corrected chi connectivity index (χ4v) is 1.24. The standard InChI is InChI=1S/C11H7O2.Zn/c12-11(13)10-6-5-8-3-1-2-4-9(8)7-10;/h1-6H,(H,12,13);/q-1;. The Morgan fingerprint density at radius 3 is 2.57 bits per heavy atom. The summed E-state index contributed by atoms with van der Waals surface area (Å²) in [4.78, 5) is 10.6. The third-order valence-corrected chi connectivity index (χ3v) is 1.89. The Balaban J connectivity index is 0.000000980. The molecule has 0 saturated carbocycles. The van der Waals surface area contributed by atoms with E-state index in [-0.39, 0.29) is 25.0 Å². The van der Waals surface area contributed by atoms with Crippen LogP contribution in [0, 0.1) is 6.07 Å². The van der Waals surface area contributed by atoms with Crippen molar-refractivity contribution >= 4 is 16.7 Å². The van der Waals surface area contributed by atoms with E-state index in [1.54, 1.807) is 12.1 Å². The Morgan fingerprint density at radius 1 is 1.14 bits per heavy atom. The number of rotatable bonds is 1. The summed E-state index contributed by atoms with van der Waals surface area (Å²) in [6, 6.07) is 13.7. The second-order valence-corrected chi connectivity index (χ2v) is 2.76. The number of aromatic carboxylic acids is 1. The van der Waals surface area contributed by atoms with Gasteiger partial charge in [0.15, 0.2) is 0 Å². The van der Waals surface area contributed by atoms with E-state index in [2.05, 4.69) is 6.07 Å². The van der Waals surface area contributed by atoms with Crippen molar-refractivity contribution in [1.29, 1.82) is 0 Å². The summed E-state index contributed by atoms with van der Waals surface area (Å²) in [7, 11) is 0. The number of carbonyl (C=O) groups is 1. The zero-order valence-corrected chi connectivity index (χ0v) is 10.5. The predicted octanol–water partition coefficient (Wildman–Crippen LogP) is 2.34. The molecule has 0 radical (unpaired) electrons. The molecule has 2 rings (SSSR count). The first-order valence-corrected chi connectivity index (χ1v) is 3.92. The van der Waals surface area contributed by atoms with Gasteiger partial charge in [-0.2, -0.15) is 0 Å². The first kappa shape index (κ1) is 10.9. The maximum atomic E-state index is 10.6. The minimum atomic E-state index is -0.939. The molecule has 2 aromatic carbocycles. The number of carboxylic acid groups (broad SMARTS) is 1. The monoisotopic (exact) mass is 235 g/mol. The maximum Gasteiger partial charge on any atom is 0.265 e. The third kappa shape index (κ3) is 1.99. The summed E-state index contributed by atoms with van der Waals surface area (Å²) < 4.78 is 0. The Bertz CT molecular complexity index is 466. The molecule has 0 aromatic heterocycles. The van der Waals surface area contributed by atoms with Crippen LogP contribution >= 0.6 is 0 Å². The Morgan fingerprint density at radius 2 is 1.86 bits per heavy atom. The number of carboxylic acids is 1. The summed E-state index contributed by atoms with van der Waals surface area (Å²) in [6.45, 7) is 0. The molecule has 66 valence electrons. The zero-order valence-electron chi connectivity index (χ0n) is 7.53. The van der Waals surface area contributed by atoms with Crippen molar-refractivity contribution in [2.24, 2.45) is 0 Å². The third-order valence-electron chi connectivity index (χ3n) is 1.89. The van der Waals surface area contributed by atoms with Crippen molar-refractivity contribution in [3.8, 4) is 0 Å². The smallest absolute Gasteiger partial charge is 0.265 e. The van der Waals surface area contributed by atoms with Gasteiger partial charge in [-0.05, 0) is 5.56 Å². The van der Waals surface area contributed by atoms with E-state index in [1.807, 2.05) is 24.3 Å². The molecule has 0 heterocycles. The molecule has 0 amide bonds. The second-order valence-electron chi connectivity index (χ2n) is 2.76. The minimum absolute atomic E-state index is 0. The molecular formula is C11H7O2Zn-. The number of fused-ring (bicyclic) bond motifs is 1. The average Bonchev–Trinajstić information content (AvgIpc) is 2.17. The molecule has 0 bridgehead atoms. The van der Waals surface area contributed by atoms with Crippen molar-refractivity contribution < 1.29 is 29.4 Å². The maximum absolute atomic E-state index is 10.6. The summed E-state index contributed by atoms with van der Waals surface area (Å²) in [5, 5.41) is 10.6. The molecule has 0 spiro atoms. The minimum Gasteiger partial charge on any atom is -0.513 e. The average molecular weight is 237 g/mol. The predicted molar refractivity (Wildman–Crippen MR) is 49.7 cm³/mol. The molecule has 0 atom stereocenters. The molecule has 0 aliphatic rings. The van der Waals surface area contributed by atoms with Gasteiger partial charge in [0.2, 0.25) is 0 Å². The van der Waals surface area contributed by atoms with Gasteiger partial charge in [-0.15, -0.1) is 29.7 Å². The molecule has 1 N–H and O–H groups in total. The van der Waals surface area contributed by atoms with E-state index in [0.29, 0.717) is 0 Å². The van der Waals surface area contributed by atoms with E-state index < -0.39 is 5.97 Å². The molecule has 0 unspecified atom stereocenters. The normalized spacial score (nSPS) is 9.43. The summed E-state index contributed by atoms with van der Waals surface area (Å²) in [5.41, 5.74) is 0.207. The van der Waals surface area contributed by atoms with E-state index in [4.69, 9.17) is 5.11 Å². The van der Waals surface area contributed by atoms with Crippen LogP contribution in [0.4, 0.5) is 0 Å². The molecule has 2 aromatic rings. The van der Waals surface area contributed by atoms with E-state index in [0.717, 1.165) is 10.8 Å². The molecule has 0 saturated heterocycles. The van der Waals surface area contributed by atoms with Crippen LogP contribution in [0.3, 0.4) is 0 Å². The van der Waals surface area contributed by atoms with Crippen LogP contribution in [0.5, 0.6) is 0 Å². The summed E-state index contributed by atoms with van der Waals surface area (Å²) >= 11 is 0. The number of benzene rings is 2. The van der Waals surface area contributed by atoms with Crippen molar-refractivity contribution in [3.63, 3.8) is 0 Å². The van der Waals surface area contributed by atoms with E-state index >= 15 is 0 Å². The van der Waals surface area contributed by atoms with Crippen molar-refractivity contribution in [3.05, 3.63) is 48.0 Å². The first-order valence-electron chi connectivity index (χ1n) is 3.92. The van der Waals surface area contributed by atoms with Crippen molar-refractivity contribution in [2.75, 3.05) is 0 Å². The Kier molecular flexibility index (Phi) is 3.37. The molecular weight excluding hydrogens is 230 g/mol. The van der Waals surface area contributed by atoms with Crippen LogP contribution in [0.15, 0.2) is 36.4 Å². The Hall–Kier alpha value is -1.21. The van der Waals surface area contributed by atoms with E-state index in [9.17, 15) is 4.79 Å². The summed E-state index contributed by atoms with van der Waals surface area (Å²) in [6.07, 6.45) is 0.